The second-order valence-corrected chi connectivity index (χ2v) is 3.43. The summed E-state index contributed by atoms with van der Waals surface area (Å²) in [5.41, 5.74) is 0.176. The van der Waals surface area contributed by atoms with E-state index in [1.165, 1.54) is 6.92 Å². The number of carboxylic acid groups (broad SMARTS) is 2. The van der Waals surface area contributed by atoms with E-state index in [4.69, 9.17) is 29.4 Å². The van der Waals surface area contributed by atoms with Gasteiger partial charge in [-0.25, -0.2) is 9.59 Å². The fraction of sp³-hybridized carbons (Fsp3) is 0.143. The summed E-state index contributed by atoms with van der Waals surface area (Å²) >= 11 is 0. The molecule has 0 aliphatic carbocycles. The lowest BCUT2D eigenvalue weighted by Gasteiger charge is -1.91. The van der Waals surface area contributed by atoms with E-state index in [0.717, 1.165) is 6.08 Å². The van der Waals surface area contributed by atoms with E-state index in [1.807, 2.05) is 0 Å². The van der Waals surface area contributed by atoms with Gasteiger partial charge in [0.25, 0.3) is 0 Å². The quantitative estimate of drug-likeness (QED) is 0.251. The Kier molecular flexibility index (Phi) is 12.5. The molecule has 16 heavy (non-hydrogen) atoms. The number of carbonyl (C=O) groups is 2. The maximum absolute atomic E-state index is 9.60. The van der Waals surface area contributed by atoms with Gasteiger partial charge in [-0.15, -0.1) is 0 Å². The Balaban J connectivity index is -0.000000160. The van der Waals surface area contributed by atoms with E-state index in [1.54, 1.807) is 0 Å². The van der Waals surface area contributed by atoms with Gasteiger partial charge < -0.3 is 29.4 Å². The zero-order chi connectivity index (χ0) is 13.9. The summed E-state index contributed by atoms with van der Waals surface area (Å²) in [6.07, 6.45) is 0.833. The van der Waals surface area contributed by atoms with Gasteiger partial charge in [0.1, 0.15) is 0 Å². The van der Waals surface area contributed by atoms with Crippen molar-refractivity contribution in [2.75, 3.05) is 0 Å². The SMILES string of the molecule is C=C(C)C(=O)O.C=CC(=O)O.O[Si](O)(O)O. The van der Waals surface area contributed by atoms with Gasteiger partial charge in [-0.2, -0.15) is 0 Å². The summed E-state index contributed by atoms with van der Waals surface area (Å²) in [6.45, 7) is 7.56. The van der Waals surface area contributed by atoms with Crippen molar-refractivity contribution in [2.24, 2.45) is 0 Å². The van der Waals surface area contributed by atoms with Gasteiger partial charge in [-0.05, 0) is 6.92 Å². The maximum Gasteiger partial charge on any atom is 0.668 e. The fourth-order valence-electron chi connectivity index (χ4n) is 0. The zero-order valence-electron chi connectivity index (χ0n) is 8.49. The largest absolute Gasteiger partial charge is 0.668 e. The Morgan fingerprint density at radius 3 is 1.25 bits per heavy atom. The molecule has 6 N–H and O–H groups in total. The van der Waals surface area contributed by atoms with Crippen molar-refractivity contribution >= 4 is 21.0 Å². The van der Waals surface area contributed by atoms with E-state index in [9.17, 15) is 9.59 Å². The lowest BCUT2D eigenvalue weighted by molar-refractivity contribution is -0.133. The molecule has 0 rings (SSSR count). The molecule has 0 aromatic heterocycles. The number of rotatable bonds is 2. The minimum atomic E-state index is -4.61. The van der Waals surface area contributed by atoms with E-state index in [0.29, 0.717) is 0 Å². The Labute approximate surface area is 92.5 Å². The summed E-state index contributed by atoms with van der Waals surface area (Å²) in [5, 5.41) is 15.5. The fourth-order valence-corrected chi connectivity index (χ4v) is 0. The lowest BCUT2D eigenvalue weighted by Crippen LogP contribution is -2.33. The van der Waals surface area contributed by atoms with Crippen molar-refractivity contribution < 1.29 is 39.0 Å². The monoisotopic (exact) mass is 254 g/mol. The predicted molar refractivity (Wildman–Crippen MR) is 54.9 cm³/mol. The predicted octanol–water partition coefficient (Wildman–Crippen LogP) is -1.70. The molecule has 0 radical (unpaired) electrons. The van der Waals surface area contributed by atoms with Gasteiger partial charge in [0, 0.05) is 11.6 Å². The van der Waals surface area contributed by atoms with Crippen molar-refractivity contribution in [1.29, 1.82) is 0 Å². The summed E-state index contributed by atoms with van der Waals surface area (Å²) < 4.78 is 0. The number of carboxylic acids is 2. The van der Waals surface area contributed by atoms with Crippen LogP contribution in [0, 0.1) is 0 Å². The molecule has 0 heterocycles. The highest BCUT2D eigenvalue weighted by molar-refractivity contribution is 6.46. The summed E-state index contributed by atoms with van der Waals surface area (Å²) in [4.78, 5) is 48.2. The smallest absolute Gasteiger partial charge is 0.478 e. The molecule has 8 nitrogen and oxygen atoms in total. The number of hydrogen-bond donors (Lipinski definition) is 6. The Bertz CT molecular complexity index is 236. The van der Waals surface area contributed by atoms with Gasteiger partial charge in [0.15, 0.2) is 0 Å². The molecule has 0 unspecified atom stereocenters. The first kappa shape index (κ1) is 20.0. The van der Waals surface area contributed by atoms with Gasteiger partial charge in [0.05, 0.1) is 0 Å². The van der Waals surface area contributed by atoms with Crippen LogP contribution in [0.2, 0.25) is 0 Å². The van der Waals surface area contributed by atoms with E-state index in [-0.39, 0.29) is 5.57 Å². The van der Waals surface area contributed by atoms with Crippen LogP contribution in [-0.2, 0) is 9.59 Å². The minimum Gasteiger partial charge on any atom is -0.478 e. The first-order valence-electron chi connectivity index (χ1n) is 3.55. The molecule has 0 aliphatic heterocycles. The lowest BCUT2D eigenvalue weighted by atomic mass is 10.4. The second-order valence-electron chi connectivity index (χ2n) is 2.23. The minimum absolute atomic E-state index is 0.176. The maximum atomic E-state index is 9.60. The van der Waals surface area contributed by atoms with E-state index < -0.39 is 21.0 Å². The van der Waals surface area contributed by atoms with Crippen molar-refractivity contribution in [3.05, 3.63) is 24.8 Å². The van der Waals surface area contributed by atoms with Crippen LogP contribution in [-0.4, -0.2) is 50.4 Å². The van der Waals surface area contributed by atoms with Crippen LogP contribution in [0.3, 0.4) is 0 Å². The first-order valence-corrected chi connectivity index (χ1v) is 5.34. The molecule has 0 aromatic carbocycles. The Hall–Kier alpha value is -1.52. The van der Waals surface area contributed by atoms with Crippen LogP contribution >= 0.6 is 0 Å². The van der Waals surface area contributed by atoms with Gasteiger partial charge in [-0.1, -0.05) is 13.2 Å². The number of aliphatic carboxylic acids is 2. The molecular weight excluding hydrogens is 240 g/mol. The third-order valence-electron chi connectivity index (χ3n) is 0.540. The standard InChI is InChI=1S/C4H6O2.C3H4O2.H4O4Si/c1-3(2)4(5)6;1-2-3(4)5;1-5(2,3)4/h1H2,2H3,(H,5,6);2H,1H2,(H,4,5);1-4H. The van der Waals surface area contributed by atoms with Crippen LogP contribution in [0.4, 0.5) is 0 Å². The van der Waals surface area contributed by atoms with Crippen molar-refractivity contribution in [3.8, 4) is 0 Å². The average molecular weight is 254 g/mol. The molecule has 94 valence electrons. The van der Waals surface area contributed by atoms with E-state index >= 15 is 0 Å². The molecule has 0 saturated heterocycles. The first-order chi connectivity index (χ1) is 6.91. The highest BCUT2D eigenvalue weighted by Crippen LogP contribution is 1.81. The van der Waals surface area contributed by atoms with Gasteiger partial charge >= 0.3 is 21.0 Å². The average Bonchev–Trinajstić information content (AvgIpc) is 2.02. The van der Waals surface area contributed by atoms with Crippen LogP contribution in [0.5, 0.6) is 0 Å². The molecule has 0 saturated carbocycles. The van der Waals surface area contributed by atoms with Crippen LogP contribution < -0.4 is 0 Å². The zero-order valence-corrected chi connectivity index (χ0v) is 9.49. The van der Waals surface area contributed by atoms with Crippen molar-refractivity contribution in [2.45, 2.75) is 6.92 Å². The third kappa shape index (κ3) is 82.0. The van der Waals surface area contributed by atoms with Crippen molar-refractivity contribution in [1.82, 2.24) is 0 Å². The molecule has 0 aliphatic rings. The Morgan fingerprint density at radius 1 is 1.12 bits per heavy atom. The van der Waals surface area contributed by atoms with E-state index in [2.05, 4.69) is 13.2 Å². The molecular formula is C7H14O8Si. The second kappa shape index (κ2) is 10.0. The third-order valence-corrected chi connectivity index (χ3v) is 0.540. The molecule has 0 bridgehead atoms. The topological polar surface area (TPSA) is 156 Å². The summed E-state index contributed by atoms with van der Waals surface area (Å²) in [5.74, 6) is -1.92. The molecule has 0 amide bonds. The Morgan fingerprint density at radius 2 is 1.25 bits per heavy atom. The molecule has 0 atom stereocenters. The van der Waals surface area contributed by atoms with Crippen LogP contribution in [0.15, 0.2) is 24.8 Å². The highest BCUT2D eigenvalue weighted by Gasteiger charge is 2.22. The number of hydrogen-bond acceptors (Lipinski definition) is 6. The van der Waals surface area contributed by atoms with Gasteiger partial charge in [0.2, 0.25) is 0 Å². The summed E-state index contributed by atoms with van der Waals surface area (Å²) in [6, 6.07) is 0. The highest BCUT2D eigenvalue weighted by atomic mass is 28.4. The molecule has 0 aromatic rings. The molecule has 9 heteroatoms. The van der Waals surface area contributed by atoms with Crippen LogP contribution in [0.1, 0.15) is 6.92 Å². The summed E-state index contributed by atoms with van der Waals surface area (Å²) in [7, 11) is -4.61. The van der Waals surface area contributed by atoms with Crippen LogP contribution in [0.25, 0.3) is 0 Å². The van der Waals surface area contributed by atoms with Crippen molar-refractivity contribution in [3.63, 3.8) is 0 Å². The normalized spacial score (nSPS) is 8.56. The molecule has 0 spiro atoms. The molecule has 0 fully saturated rings. The van der Waals surface area contributed by atoms with Gasteiger partial charge in [-0.3, -0.25) is 0 Å².